The van der Waals surface area contributed by atoms with Crippen molar-refractivity contribution in [2.24, 2.45) is 0 Å². The third-order valence-corrected chi connectivity index (χ3v) is 3.29. The molecule has 0 radical (unpaired) electrons. The van der Waals surface area contributed by atoms with Gasteiger partial charge < -0.3 is 10.4 Å². The Hall–Kier alpha value is -2.74. The van der Waals surface area contributed by atoms with E-state index in [4.69, 9.17) is 5.11 Å². The molecule has 1 aliphatic rings. The minimum absolute atomic E-state index is 0.0213. The number of rotatable bonds is 4. The maximum Gasteiger partial charge on any atom is 0.277 e. The van der Waals surface area contributed by atoms with E-state index in [0.29, 0.717) is 16.7 Å². The van der Waals surface area contributed by atoms with Crippen molar-refractivity contribution in [2.45, 2.75) is 6.92 Å². The maximum absolute atomic E-state index is 12.1. The second-order valence-electron chi connectivity index (χ2n) is 4.65. The number of β-amino-alcohol motifs (C(OH)–C–C–N with tert-alkyl or cyclic N) is 1. The average molecular weight is 287 g/mol. The van der Waals surface area contributed by atoms with Gasteiger partial charge in [0.2, 0.25) is 0 Å². The number of carbonyl (C=O) groups is 2. The monoisotopic (exact) mass is 287 g/mol. The van der Waals surface area contributed by atoms with Crippen molar-refractivity contribution in [3.63, 3.8) is 0 Å². The van der Waals surface area contributed by atoms with Crippen LogP contribution in [0.5, 0.6) is 0 Å². The van der Waals surface area contributed by atoms with Crippen LogP contribution >= 0.6 is 0 Å². The lowest BCUT2D eigenvalue weighted by molar-refractivity contribution is -0.137. The summed E-state index contributed by atoms with van der Waals surface area (Å²) in [6.45, 7) is 1.58. The van der Waals surface area contributed by atoms with E-state index in [1.807, 2.05) is 19.1 Å². The van der Waals surface area contributed by atoms with Crippen molar-refractivity contribution in [1.82, 2.24) is 20.3 Å². The first-order chi connectivity index (χ1) is 10.1. The molecule has 0 bridgehead atoms. The molecule has 3 N–H and O–H groups in total. The van der Waals surface area contributed by atoms with Crippen LogP contribution in [0.25, 0.3) is 11.0 Å². The zero-order chi connectivity index (χ0) is 15.0. The summed E-state index contributed by atoms with van der Waals surface area (Å²) in [5.74, 6) is -0.907. The summed E-state index contributed by atoms with van der Waals surface area (Å²) in [7, 11) is 0. The summed E-state index contributed by atoms with van der Waals surface area (Å²) < 4.78 is 0. The van der Waals surface area contributed by atoms with E-state index in [2.05, 4.69) is 20.7 Å². The number of nitrogens with one attached hydrogen (secondary N) is 2. The topological polar surface area (TPSA) is 111 Å². The number of carbonyl (C=O) groups excluding carboxylic acids is 2. The van der Waals surface area contributed by atoms with Crippen LogP contribution < -0.4 is 5.32 Å². The third kappa shape index (κ3) is 2.15. The summed E-state index contributed by atoms with van der Waals surface area (Å²) in [5, 5.41) is 22.4. The number of H-pyrrole nitrogens is 1. The predicted molar refractivity (Wildman–Crippen MR) is 74.1 cm³/mol. The lowest BCUT2D eigenvalue weighted by Crippen LogP contribution is -2.34. The largest absolute Gasteiger partial charge is 0.395 e. The van der Waals surface area contributed by atoms with E-state index in [0.717, 1.165) is 10.5 Å². The molecular formula is C13H13N5O3. The van der Waals surface area contributed by atoms with Crippen LogP contribution in [-0.2, 0) is 9.59 Å². The summed E-state index contributed by atoms with van der Waals surface area (Å²) in [6, 6.07) is 3.66. The first-order valence-corrected chi connectivity index (χ1v) is 6.37. The Bertz CT molecular complexity index is 764. The number of imide groups is 1. The van der Waals surface area contributed by atoms with E-state index in [1.165, 1.54) is 6.08 Å². The normalized spacial score (nSPS) is 15.0. The van der Waals surface area contributed by atoms with Crippen molar-refractivity contribution in [1.29, 1.82) is 0 Å². The van der Waals surface area contributed by atoms with Crippen LogP contribution in [0.15, 0.2) is 23.9 Å². The molecule has 1 aromatic carbocycles. The number of amides is 2. The smallest absolute Gasteiger partial charge is 0.277 e. The number of aromatic nitrogens is 3. The van der Waals surface area contributed by atoms with Gasteiger partial charge in [0.05, 0.1) is 18.8 Å². The lowest BCUT2D eigenvalue weighted by Gasteiger charge is -2.14. The van der Waals surface area contributed by atoms with Gasteiger partial charge in [-0.3, -0.25) is 14.5 Å². The number of hydrogen-bond donors (Lipinski definition) is 3. The number of fused-ring (bicyclic) bond motifs is 1. The molecule has 8 nitrogen and oxygen atoms in total. The molecule has 108 valence electrons. The third-order valence-electron chi connectivity index (χ3n) is 3.29. The Balaban J connectivity index is 1.95. The van der Waals surface area contributed by atoms with Gasteiger partial charge in [0.1, 0.15) is 16.7 Å². The number of benzene rings is 1. The molecule has 2 aromatic rings. The zero-order valence-corrected chi connectivity index (χ0v) is 11.3. The average Bonchev–Trinajstić information content (AvgIpc) is 3.03. The molecule has 0 atom stereocenters. The molecule has 0 spiro atoms. The number of hydrogen-bond acceptors (Lipinski definition) is 6. The molecule has 0 saturated carbocycles. The van der Waals surface area contributed by atoms with Crippen molar-refractivity contribution >= 4 is 28.5 Å². The fourth-order valence-corrected chi connectivity index (χ4v) is 2.22. The van der Waals surface area contributed by atoms with Crippen molar-refractivity contribution in [2.75, 3.05) is 18.5 Å². The van der Waals surface area contributed by atoms with E-state index >= 15 is 0 Å². The van der Waals surface area contributed by atoms with Crippen molar-refractivity contribution in [3.05, 3.63) is 29.5 Å². The minimum atomic E-state index is -0.464. The molecule has 8 heteroatoms. The van der Waals surface area contributed by atoms with E-state index < -0.39 is 11.8 Å². The molecule has 1 aliphatic heterocycles. The molecule has 2 heterocycles. The van der Waals surface area contributed by atoms with Crippen LogP contribution in [0.1, 0.15) is 5.56 Å². The SMILES string of the molecule is Cc1ccc2n[nH]nc2c1NC1=CC(=O)N(CCO)C1=O. The summed E-state index contributed by atoms with van der Waals surface area (Å²) in [4.78, 5) is 24.8. The molecule has 3 rings (SSSR count). The summed E-state index contributed by atoms with van der Waals surface area (Å²) >= 11 is 0. The molecule has 21 heavy (non-hydrogen) atoms. The van der Waals surface area contributed by atoms with Gasteiger partial charge in [0, 0.05) is 6.08 Å². The molecular weight excluding hydrogens is 274 g/mol. The zero-order valence-electron chi connectivity index (χ0n) is 11.3. The van der Waals surface area contributed by atoms with Crippen LogP contribution in [0.3, 0.4) is 0 Å². The van der Waals surface area contributed by atoms with E-state index in [1.54, 1.807) is 0 Å². The minimum Gasteiger partial charge on any atom is -0.395 e. The molecule has 0 fully saturated rings. The highest BCUT2D eigenvalue weighted by atomic mass is 16.3. The van der Waals surface area contributed by atoms with Gasteiger partial charge in [-0.2, -0.15) is 15.4 Å². The Kier molecular flexibility index (Phi) is 3.15. The number of aliphatic hydroxyl groups excluding tert-OH is 1. The quantitative estimate of drug-likeness (QED) is 0.678. The van der Waals surface area contributed by atoms with Crippen molar-refractivity contribution < 1.29 is 14.7 Å². The summed E-state index contributed by atoms with van der Waals surface area (Å²) in [6.07, 6.45) is 1.22. The van der Waals surface area contributed by atoms with Crippen LogP contribution in [0, 0.1) is 6.92 Å². The van der Waals surface area contributed by atoms with Gasteiger partial charge in [-0.15, -0.1) is 0 Å². The first kappa shape index (κ1) is 13.3. The van der Waals surface area contributed by atoms with E-state index in [9.17, 15) is 9.59 Å². The Morgan fingerprint density at radius 3 is 2.90 bits per heavy atom. The number of anilines is 1. The highest BCUT2D eigenvalue weighted by molar-refractivity contribution is 6.18. The van der Waals surface area contributed by atoms with Gasteiger partial charge in [-0.1, -0.05) is 6.07 Å². The van der Waals surface area contributed by atoms with Gasteiger partial charge in [-0.25, -0.2) is 0 Å². The molecule has 0 aliphatic carbocycles. The molecule has 0 saturated heterocycles. The van der Waals surface area contributed by atoms with Gasteiger partial charge in [0.15, 0.2) is 0 Å². The molecule has 1 aromatic heterocycles. The highest BCUT2D eigenvalue weighted by Gasteiger charge is 2.31. The van der Waals surface area contributed by atoms with Crippen LogP contribution in [-0.4, -0.2) is 50.4 Å². The Labute approximate surface area is 119 Å². The molecule has 0 unspecified atom stereocenters. The number of aryl methyl sites for hydroxylation is 1. The van der Waals surface area contributed by atoms with E-state index in [-0.39, 0.29) is 18.8 Å². The molecule has 2 amide bonds. The first-order valence-electron chi connectivity index (χ1n) is 6.37. The number of nitrogens with zero attached hydrogens (tertiary/aromatic N) is 3. The lowest BCUT2D eigenvalue weighted by atomic mass is 10.1. The highest BCUT2D eigenvalue weighted by Crippen LogP contribution is 2.26. The maximum atomic E-state index is 12.1. The standard InChI is InChI=1S/C13H13N5O3/c1-7-2-3-8-12(16-17-15-8)11(7)14-9-6-10(20)18(4-5-19)13(9)21/h2-3,6,14,19H,4-5H2,1H3,(H,15,16,17). The number of aliphatic hydroxyl groups is 1. The van der Waals surface area contributed by atoms with Gasteiger partial charge >= 0.3 is 0 Å². The van der Waals surface area contributed by atoms with Crippen LogP contribution in [0.4, 0.5) is 5.69 Å². The Morgan fingerprint density at radius 2 is 2.14 bits per heavy atom. The van der Waals surface area contributed by atoms with Crippen LogP contribution in [0.2, 0.25) is 0 Å². The Morgan fingerprint density at radius 1 is 1.33 bits per heavy atom. The van der Waals surface area contributed by atoms with Gasteiger partial charge in [0.25, 0.3) is 11.8 Å². The van der Waals surface area contributed by atoms with Crippen molar-refractivity contribution in [3.8, 4) is 0 Å². The summed E-state index contributed by atoms with van der Waals surface area (Å²) in [5.41, 5.74) is 2.91. The second-order valence-corrected chi connectivity index (χ2v) is 4.65. The fraction of sp³-hybridized carbons (Fsp3) is 0.231. The second kappa shape index (κ2) is 4.98. The predicted octanol–water partition coefficient (Wildman–Crippen LogP) is -0.0768. The fourth-order valence-electron chi connectivity index (χ4n) is 2.22. The van der Waals surface area contributed by atoms with Gasteiger partial charge in [-0.05, 0) is 18.6 Å². The number of aromatic amines is 1.